The smallest absolute Gasteiger partial charge is 0.339 e. The normalized spacial score (nSPS) is 12.1. The van der Waals surface area contributed by atoms with Gasteiger partial charge in [0.05, 0.1) is 17.1 Å². The van der Waals surface area contributed by atoms with E-state index in [4.69, 9.17) is 9.47 Å². The van der Waals surface area contributed by atoms with Crippen LogP contribution < -0.4 is 0 Å². The van der Waals surface area contributed by atoms with Crippen LogP contribution in [-0.2, 0) is 28.9 Å². The Morgan fingerprint density at radius 3 is 2.06 bits per heavy atom. The van der Waals surface area contributed by atoms with Crippen LogP contribution in [0.4, 0.5) is 0 Å². The van der Waals surface area contributed by atoms with Crippen LogP contribution in [0.1, 0.15) is 43.7 Å². The number of carbonyl (C=O) groups excluding carboxylic acids is 2. The van der Waals surface area contributed by atoms with E-state index >= 15 is 0 Å². The number of ether oxygens (including phenoxy) is 2. The lowest BCUT2D eigenvalue weighted by molar-refractivity contribution is -0.140. The number of sulfone groups is 1. The predicted octanol–water partition coefficient (Wildman–Crippen LogP) is 5.06. The molecule has 2 aromatic carbocycles. The summed E-state index contributed by atoms with van der Waals surface area (Å²) in [6, 6.07) is 15.2. The SMILES string of the molecule is CC(=O)OC/C(=C(\C(=O)OCCCCCCBr)c1ccccc1)c1ccc(S(C)(=O)=O)cc1. The first-order valence-electron chi connectivity index (χ1n) is 10.7. The van der Waals surface area contributed by atoms with Gasteiger partial charge in [-0.25, -0.2) is 13.2 Å². The second kappa shape index (κ2) is 13.3. The van der Waals surface area contributed by atoms with Crippen LogP contribution in [0, 0.1) is 0 Å². The van der Waals surface area contributed by atoms with Crippen molar-refractivity contribution in [1.82, 2.24) is 0 Å². The molecule has 0 saturated heterocycles. The molecule has 0 saturated carbocycles. The standard InChI is InChI=1S/C25H29BrO6S/c1-19(27)32-18-23(20-12-14-22(15-13-20)33(2,29)30)24(21-10-6-5-7-11-21)25(28)31-17-9-4-3-8-16-26/h5-7,10-15H,3-4,8-9,16-18H2,1-2H3/b24-23+. The van der Waals surface area contributed by atoms with Crippen LogP contribution in [0.2, 0.25) is 0 Å². The van der Waals surface area contributed by atoms with E-state index in [0.29, 0.717) is 16.7 Å². The maximum absolute atomic E-state index is 13.2. The van der Waals surface area contributed by atoms with E-state index in [-0.39, 0.29) is 23.7 Å². The highest BCUT2D eigenvalue weighted by atomic mass is 79.9. The number of carbonyl (C=O) groups is 2. The van der Waals surface area contributed by atoms with E-state index in [1.165, 1.54) is 19.1 Å². The van der Waals surface area contributed by atoms with E-state index in [9.17, 15) is 18.0 Å². The van der Waals surface area contributed by atoms with Crippen LogP contribution in [-0.4, -0.2) is 45.2 Å². The van der Waals surface area contributed by atoms with Crippen molar-refractivity contribution < 1.29 is 27.5 Å². The summed E-state index contributed by atoms with van der Waals surface area (Å²) < 4.78 is 34.5. The molecule has 8 heteroatoms. The molecule has 0 bridgehead atoms. The van der Waals surface area contributed by atoms with Crippen LogP contribution in [0.3, 0.4) is 0 Å². The Hall–Kier alpha value is -2.45. The molecule has 0 unspecified atom stereocenters. The number of hydrogen-bond donors (Lipinski definition) is 0. The number of esters is 2. The van der Waals surface area contributed by atoms with Crippen molar-refractivity contribution in [3.05, 3.63) is 65.7 Å². The molecule has 0 spiro atoms. The molecule has 0 heterocycles. The molecule has 0 N–H and O–H groups in total. The third kappa shape index (κ3) is 8.78. The fourth-order valence-electron chi connectivity index (χ4n) is 3.18. The minimum absolute atomic E-state index is 0.155. The molecule has 0 aliphatic heterocycles. The second-order valence-electron chi connectivity index (χ2n) is 7.54. The summed E-state index contributed by atoms with van der Waals surface area (Å²) in [4.78, 5) is 24.9. The Balaban J connectivity index is 2.45. The lowest BCUT2D eigenvalue weighted by Gasteiger charge is -2.16. The first-order chi connectivity index (χ1) is 15.7. The molecule has 2 aromatic rings. The number of unbranched alkanes of at least 4 members (excludes halogenated alkanes) is 3. The largest absolute Gasteiger partial charge is 0.462 e. The monoisotopic (exact) mass is 536 g/mol. The van der Waals surface area contributed by atoms with Gasteiger partial charge in [0.2, 0.25) is 0 Å². The Kier molecular flexibility index (Phi) is 10.8. The van der Waals surface area contributed by atoms with Crippen LogP contribution >= 0.6 is 15.9 Å². The molecule has 0 atom stereocenters. The number of hydrogen-bond acceptors (Lipinski definition) is 6. The third-order valence-corrected chi connectivity index (χ3v) is 6.57. The predicted molar refractivity (Wildman–Crippen MR) is 133 cm³/mol. The highest BCUT2D eigenvalue weighted by Crippen LogP contribution is 2.29. The fourth-order valence-corrected chi connectivity index (χ4v) is 4.21. The van der Waals surface area contributed by atoms with Crippen LogP contribution in [0.5, 0.6) is 0 Å². The van der Waals surface area contributed by atoms with Crippen molar-refractivity contribution in [1.29, 1.82) is 0 Å². The molecule has 0 amide bonds. The zero-order chi connectivity index (χ0) is 24.3. The van der Waals surface area contributed by atoms with E-state index in [1.54, 1.807) is 36.4 Å². The summed E-state index contributed by atoms with van der Waals surface area (Å²) in [5.74, 6) is -1.01. The molecule has 33 heavy (non-hydrogen) atoms. The van der Waals surface area contributed by atoms with Gasteiger partial charge >= 0.3 is 11.9 Å². The Bertz CT molecular complexity index is 1060. The summed E-state index contributed by atoms with van der Waals surface area (Å²) >= 11 is 3.40. The van der Waals surface area contributed by atoms with Gasteiger partial charge < -0.3 is 9.47 Å². The summed E-state index contributed by atoms with van der Waals surface area (Å²) in [5, 5.41) is 0.950. The van der Waals surface area contributed by atoms with Crippen molar-refractivity contribution in [3.63, 3.8) is 0 Å². The maximum atomic E-state index is 13.2. The van der Waals surface area contributed by atoms with Crippen molar-refractivity contribution in [2.75, 3.05) is 24.8 Å². The van der Waals surface area contributed by atoms with Gasteiger partial charge in [0.1, 0.15) is 6.61 Å². The van der Waals surface area contributed by atoms with Crippen LogP contribution in [0.25, 0.3) is 11.1 Å². The quantitative estimate of drug-likeness (QED) is 0.124. The second-order valence-corrected chi connectivity index (χ2v) is 10.3. The molecule has 0 fully saturated rings. The van der Waals surface area contributed by atoms with Gasteiger partial charge in [-0.3, -0.25) is 4.79 Å². The van der Waals surface area contributed by atoms with Gasteiger partial charge in [-0.1, -0.05) is 71.2 Å². The first kappa shape index (κ1) is 26.8. The summed E-state index contributed by atoms with van der Waals surface area (Å²) in [6.45, 7) is 1.42. The average Bonchev–Trinajstić information content (AvgIpc) is 2.78. The van der Waals surface area contributed by atoms with Gasteiger partial charge in [0.25, 0.3) is 0 Å². The number of benzene rings is 2. The Morgan fingerprint density at radius 2 is 1.48 bits per heavy atom. The lowest BCUT2D eigenvalue weighted by Crippen LogP contribution is -2.14. The van der Waals surface area contributed by atoms with E-state index in [1.807, 2.05) is 6.07 Å². The first-order valence-corrected chi connectivity index (χ1v) is 13.7. The van der Waals surface area contributed by atoms with E-state index in [0.717, 1.165) is 37.3 Å². The molecule has 0 aromatic heterocycles. The molecule has 178 valence electrons. The zero-order valence-corrected chi connectivity index (χ0v) is 21.3. The number of alkyl halides is 1. The summed E-state index contributed by atoms with van der Waals surface area (Å²) in [6.07, 6.45) is 4.95. The third-order valence-electron chi connectivity index (χ3n) is 4.88. The minimum Gasteiger partial charge on any atom is -0.462 e. The van der Waals surface area contributed by atoms with Crippen LogP contribution in [0.15, 0.2) is 59.5 Å². The molecule has 2 rings (SSSR count). The van der Waals surface area contributed by atoms with Gasteiger partial charge in [-0.05, 0) is 36.1 Å². The van der Waals surface area contributed by atoms with Crippen molar-refractivity contribution in [3.8, 4) is 0 Å². The van der Waals surface area contributed by atoms with E-state index in [2.05, 4.69) is 15.9 Å². The zero-order valence-electron chi connectivity index (χ0n) is 18.9. The summed E-state index contributed by atoms with van der Waals surface area (Å²) in [7, 11) is -3.38. The number of halogens is 1. The Morgan fingerprint density at radius 1 is 0.848 bits per heavy atom. The minimum atomic E-state index is -3.38. The van der Waals surface area contributed by atoms with Gasteiger partial charge in [0, 0.05) is 24.1 Å². The topological polar surface area (TPSA) is 86.7 Å². The number of rotatable bonds is 12. The average molecular weight is 537 g/mol. The summed E-state index contributed by atoms with van der Waals surface area (Å²) in [5.41, 5.74) is 1.91. The molecule has 0 radical (unpaired) electrons. The maximum Gasteiger partial charge on any atom is 0.339 e. The Labute approximate surface area is 204 Å². The highest BCUT2D eigenvalue weighted by Gasteiger charge is 2.22. The highest BCUT2D eigenvalue weighted by molar-refractivity contribution is 9.09. The molecule has 6 nitrogen and oxygen atoms in total. The lowest BCUT2D eigenvalue weighted by atomic mass is 9.95. The molecule has 0 aliphatic rings. The molecular weight excluding hydrogens is 508 g/mol. The van der Waals surface area contributed by atoms with Gasteiger partial charge in [0.15, 0.2) is 9.84 Å². The van der Waals surface area contributed by atoms with Gasteiger partial charge in [-0.15, -0.1) is 0 Å². The van der Waals surface area contributed by atoms with Crippen molar-refractivity contribution in [2.24, 2.45) is 0 Å². The van der Waals surface area contributed by atoms with Crippen molar-refractivity contribution in [2.45, 2.75) is 37.5 Å². The van der Waals surface area contributed by atoms with E-state index < -0.39 is 21.8 Å². The molecule has 0 aliphatic carbocycles. The van der Waals surface area contributed by atoms with Crippen molar-refractivity contribution >= 4 is 48.9 Å². The molecular formula is C25H29BrO6S. The van der Waals surface area contributed by atoms with Gasteiger partial charge in [-0.2, -0.15) is 0 Å². The fraction of sp³-hybridized carbons (Fsp3) is 0.360.